The highest BCUT2D eigenvalue weighted by Gasteiger charge is 2.18. The number of benzene rings is 2. The molecule has 1 saturated heterocycles. The van der Waals surface area contributed by atoms with Crippen molar-refractivity contribution in [3.8, 4) is 0 Å². The smallest absolute Gasteiger partial charge is 0.251 e. The van der Waals surface area contributed by atoms with Crippen molar-refractivity contribution >= 4 is 33.5 Å². The van der Waals surface area contributed by atoms with Gasteiger partial charge in [0, 0.05) is 48.4 Å². The van der Waals surface area contributed by atoms with Crippen molar-refractivity contribution in [2.24, 2.45) is 10.7 Å². The molecule has 2 aromatic carbocycles. The normalized spacial score (nSPS) is 14.9. The molecule has 0 radical (unpaired) electrons. The minimum absolute atomic E-state index is 0.136. The molecular weight excluding hydrogens is 425 g/mol. The zero-order chi connectivity index (χ0) is 19.9. The zero-order valence-electron chi connectivity index (χ0n) is 15.4. The Hall–Kier alpha value is -2.61. The first-order valence-electron chi connectivity index (χ1n) is 9.12. The Balaban J connectivity index is 1.42. The maximum absolute atomic E-state index is 13.0. The highest BCUT2D eigenvalue weighted by Crippen LogP contribution is 2.16. The van der Waals surface area contributed by atoms with Crippen molar-refractivity contribution < 1.29 is 9.18 Å². The van der Waals surface area contributed by atoms with E-state index in [9.17, 15) is 9.18 Å². The molecule has 8 heteroatoms. The first-order valence-corrected chi connectivity index (χ1v) is 9.91. The van der Waals surface area contributed by atoms with E-state index in [1.807, 2.05) is 17.0 Å². The van der Waals surface area contributed by atoms with E-state index in [-0.39, 0.29) is 11.7 Å². The van der Waals surface area contributed by atoms with Gasteiger partial charge in [-0.05, 0) is 42.5 Å². The molecular formula is C20H23BrFN5O. The summed E-state index contributed by atoms with van der Waals surface area (Å²) in [5.74, 6) is 0.115. The number of hydrogen-bond donors (Lipinski definition) is 2. The quantitative estimate of drug-likeness (QED) is 0.419. The highest BCUT2D eigenvalue weighted by atomic mass is 79.9. The van der Waals surface area contributed by atoms with Gasteiger partial charge >= 0.3 is 0 Å². The minimum atomic E-state index is -0.231. The summed E-state index contributed by atoms with van der Waals surface area (Å²) in [7, 11) is 0. The van der Waals surface area contributed by atoms with Crippen LogP contribution >= 0.6 is 15.9 Å². The highest BCUT2D eigenvalue weighted by molar-refractivity contribution is 9.10. The summed E-state index contributed by atoms with van der Waals surface area (Å²) in [5, 5.41) is 2.84. The Morgan fingerprint density at radius 3 is 2.54 bits per heavy atom. The van der Waals surface area contributed by atoms with Gasteiger partial charge in [0.25, 0.3) is 5.91 Å². The van der Waals surface area contributed by atoms with Gasteiger partial charge in [0.05, 0.1) is 6.54 Å². The molecule has 0 saturated carbocycles. The molecule has 28 heavy (non-hydrogen) atoms. The Labute approximate surface area is 172 Å². The van der Waals surface area contributed by atoms with E-state index < -0.39 is 0 Å². The van der Waals surface area contributed by atoms with E-state index in [1.54, 1.807) is 24.3 Å². The molecule has 2 aromatic rings. The Kier molecular flexibility index (Phi) is 6.86. The molecule has 1 heterocycles. The molecule has 0 bridgehead atoms. The average Bonchev–Trinajstić information content (AvgIpc) is 2.71. The Morgan fingerprint density at radius 1 is 1.14 bits per heavy atom. The second-order valence-corrected chi connectivity index (χ2v) is 7.37. The van der Waals surface area contributed by atoms with Crippen LogP contribution in [-0.4, -0.2) is 56.0 Å². The molecule has 1 fully saturated rings. The van der Waals surface area contributed by atoms with Gasteiger partial charge in [-0.1, -0.05) is 22.0 Å². The third-order valence-electron chi connectivity index (χ3n) is 4.55. The predicted molar refractivity (Wildman–Crippen MR) is 113 cm³/mol. The number of amides is 1. The summed E-state index contributed by atoms with van der Waals surface area (Å²) in [6.07, 6.45) is 0. The van der Waals surface area contributed by atoms with Gasteiger partial charge in [0.15, 0.2) is 5.96 Å². The molecule has 0 spiro atoms. The molecule has 1 amide bonds. The number of nitrogens with two attached hydrogens (primary N) is 1. The predicted octanol–water partition coefficient (Wildman–Crippen LogP) is 2.45. The zero-order valence-corrected chi connectivity index (χ0v) is 17.0. The number of carbonyl (C=O) groups is 1. The minimum Gasteiger partial charge on any atom is -0.370 e. The lowest BCUT2D eigenvalue weighted by Gasteiger charge is -2.36. The number of guanidine groups is 1. The van der Waals surface area contributed by atoms with E-state index in [0.717, 1.165) is 36.3 Å². The van der Waals surface area contributed by atoms with Crippen LogP contribution in [0.2, 0.25) is 0 Å². The fourth-order valence-corrected chi connectivity index (χ4v) is 3.42. The second kappa shape index (κ2) is 9.54. The number of rotatable bonds is 5. The number of anilines is 1. The molecule has 148 valence electrons. The molecule has 0 unspecified atom stereocenters. The fraction of sp³-hybridized carbons (Fsp3) is 0.300. The lowest BCUT2D eigenvalue weighted by Crippen LogP contribution is -2.51. The molecule has 3 N–H and O–H groups in total. The molecule has 0 atom stereocenters. The third kappa shape index (κ3) is 5.45. The van der Waals surface area contributed by atoms with E-state index in [0.29, 0.717) is 24.6 Å². The first-order chi connectivity index (χ1) is 13.5. The summed E-state index contributed by atoms with van der Waals surface area (Å²) < 4.78 is 13.9. The number of nitrogens with one attached hydrogen (secondary N) is 1. The van der Waals surface area contributed by atoms with Gasteiger partial charge in [-0.3, -0.25) is 9.79 Å². The average molecular weight is 448 g/mol. The lowest BCUT2D eigenvalue weighted by molar-refractivity contribution is 0.0954. The molecule has 6 nitrogen and oxygen atoms in total. The van der Waals surface area contributed by atoms with Crippen molar-refractivity contribution in [1.29, 1.82) is 0 Å². The van der Waals surface area contributed by atoms with Crippen molar-refractivity contribution in [2.75, 3.05) is 44.2 Å². The summed E-state index contributed by atoms with van der Waals surface area (Å²) in [5.41, 5.74) is 7.70. The topological polar surface area (TPSA) is 74.0 Å². The number of piperazine rings is 1. The van der Waals surface area contributed by atoms with Crippen LogP contribution in [0.25, 0.3) is 0 Å². The van der Waals surface area contributed by atoms with Crippen molar-refractivity contribution in [1.82, 2.24) is 10.2 Å². The SMILES string of the molecule is NC(=NCCNC(=O)c1cccc(Br)c1)N1CCN(c2ccc(F)cc2)CC1. The fourth-order valence-electron chi connectivity index (χ4n) is 3.02. The number of carbonyl (C=O) groups excluding carboxylic acids is 1. The van der Waals surface area contributed by atoms with Crippen molar-refractivity contribution in [3.05, 3.63) is 64.4 Å². The van der Waals surface area contributed by atoms with E-state index >= 15 is 0 Å². The van der Waals surface area contributed by atoms with Gasteiger partial charge in [-0.15, -0.1) is 0 Å². The molecule has 0 aliphatic carbocycles. The van der Waals surface area contributed by atoms with Crippen LogP contribution in [-0.2, 0) is 0 Å². The molecule has 3 rings (SSSR count). The van der Waals surface area contributed by atoms with Gasteiger partial charge in [0.1, 0.15) is 5.82 Å². The molecule has 0 aromatic heterocycles. The standard InChI is InChI=1S/C20H23BrFN5O/c21-16-3-1-2-15(14-16)19(28)24-8-9-25-20(23)27-12-10-26(11-13-27)18-6-4-17(22)5-7-18/h1-7,14H,8-13H2,(H2,23,25)(H,24,28). The monoisotopic (exact) mass is 447 g/mol. The van der Waals surface area contributed by atoms with Gasteiger partial charge in [0.2, 0.25) is 0 Å². The van der Waals surface area contributed by atoms with Crippen LogP contribution in [0.1, 0.15) is 10.4 Å². The third-order valence-corrected chi connectivity index (χ3v) is 5.05. The summed E-state index contributed by atoms with van der Waals surface area (Å²) >= 11 is 3.35. The lowest BCUT2D eigenvalue weighted by atomic mass is 10.2. The van der Waals surface area contributed by atoms with Gasteiger partial charge in [-0.2, -0.15) is 0 Å². The van der Waals surface area contributed by atoms with E-state index in [2.05, 4.69) is 31.1 Å². The number of aliphatic imine (C=N–C) groups is 1. The van der Waals surface area contributed by atoms with Gasteiger partial charge < -0.3 is 20.9 Å². The van der Waals surface area contributed by atoms with Crippen molar-refractivity contribution in [2.45, 2.75) is 0 Å². The number of hydrogen-bond acceptors (Lipinski definition) is 3. The first kappa shape index (κ1) is 20.1. The van der Waals surface area contributed by atoms with E-state index in [1.165, 1.54) is 12.1 Å². The largest absolute Gasteiger partial charge is 0.370 e. The van der Waals surface area contributed by atoms with Crippen molar-refractivity contribution in [3.63, 3.8) is 0 Å². The summed E-state index contributed by atoms with van der Waals surface area (Å²) in [6.45, 7) is 3.92. The maximum atomic E-state index is 13.0. The molecule has 1 aliphatic heterocycles. The van der Waals surface area contributed by atoms with Crippen LogP contribution < -0.4 is 16.0 Å². The van der Waals surface area contributed by atoms with E-state index in [4.69, 9.17) is 5.73 Å². The molecule has 1 aliphatic rings. The van der Waals surface area contributed by atoms with Crippen LogP contribution in [0.5, 0.6) is 0 Å². The Morgan fingerprint density at radius 2 is 1.86 bits per heavy atom. The van der Waals surface area contributed by atoms with Crippen LogP contribution in [0.3, 0.4) is 0 Å². The summed E-state index contributed by atoms with van der Waals surface area (Å²) in [6, 6.07) is 13.7. The number of halogens is 2. The van der Waals surface area contributed by atoms with Gasteiger partial charge in [-0.25, -0.2) is 4.39 Å². The Bertz CT molecular complexity index is 835. The summed E-state index contributed by atoms with van der Waals surface area (Å²) in [4.78, 5) is 20.7. The van der Waals surface area contributed by atoms with Crippen LogP contribution in [0.4, 0.5) is 10.1 Å². The van der Waals surface area contributed by atoms with Crippen LogP contribution in [0, 0.1) is 5.82 Å². The number of nitrogens with zero attached hydrogens (tertiary/aromatic N) is 3. The second-order valence-electron chi connectivity index (χ2n) is 6.46. The maximum Gasteiger partial charge on any atom is 0.251 e. The van der Waals surface area contributed by atoms with Crippen LogP contribution in [0.15, 0.2) is 58.0 Å².